The first-order valence-corrected chi connectivity index (χ1v) is 5.89. The maximum absolute atomic E-state index is 7.57. The summed E-state index contributed by atoms with van der Waals surface area (Å²) in [6.07, 6.45) is 8.80. The molecule has 3 nitrogen and oxygen atoms in total. The third-order valence-electron chi connectivity index (χ3n) is 2.06. The molecule has 0 radical (unpaired) electrons. The Hall–Kier alpha value is -0.830. The van der Waals surface area contributed by atoms with Crippen molar-refractivity contribution in [2.45, 2.75) is 53.0 Å². The van der Waals surface area contributed by atoms with Crippen LogP contribution in [0.5, 0.6) is 0 Å². The fraction of sp³-hybridized carbons (Fsp3) is 0.750. The first-order valence-electron chi connectivity index (χ1n) is 5.89. The summed E-state index contributed by atoms with van der Waals surface area (Å²) in [6, 6.07) is 0. The van der Waals surface area contributed by atoms with Crippen molar-refractivity contribution >= 4 is 0 Å². The van der Waals surface area contributed by atoms with Gasteiger partial charge in [-0.15, -0.1) is 0 Å². The fourth-order valence-electron chi connectivity index (χ4n) is 1.34. The lowest BCUT2D eigenvalue weighted by atomic mass is 10.2. The molecule has 3 heteroatoms. The van der Waals surface area contributed by atoms with E-state index in [1.165, 1.54) is 25.0 Å². The highest BCUT2D eigenvalue weighted by Gasteiger charge is 1.98. The lowest BCUT2D eigenvalue weighted by molar-refractivity contribution is 0.318. The highest BCUT2D eigenvalue weighted by atomic mass is 16.2. The van der Waals surface area contributed by atoms with Gasteiger partial charge in [0.25, 0.3) is 0 Å². The van der Waals surface area contributed by atoms with Crippen LogP contribution in [0.3, 0.4) is 0 Å². The van der Waals surface area contributed by atoms with Crippen molar-refractivity contribution in [1.29, 1.82) is 0 Å². The molecule has 0 aliphatic heterocycles. The predicted octanol–water partition coefficient (Wildman–Crippen LogP) is 2.63. The van der Waals surface area contributed by atoms with Gasteiger partial charge >= 0.3 is 0 Å². The van der Waals surface area contributed by atoms with Gasteiger partial charge in [0, 0.05) is 25.0 Å². The summed E-state index contributed by atoms with van der Waals surface area (Å²) < 4.78 is 2.27. The monoisotopic (exact) mass is 212 g/mol. The molecule has 0 atom stereocenters. The summed E-state index contributed by atoms with van der Waals surface area (Å²) in [7, 11) is 0. The molecular weight excluding hydrogens is 188 g/mol. The van der Waals surface area contributed by atoms with Crippen LogP contribution in [0.15, 0.2) is 12.5 Å². The fourth-order valence-corrected chi connectivity index (χ4v) is 1.34. The summed E-state index contributed by atoms with van der Waals surface area (Å²) in [6.45, 7) is 7.49. The first kappa shape index (κ1) is 14.2. The summed E-state index contributed by atoms with van der Waals surface area (Å²) in [5.41, 5.74) is 1.38. The van der Waals surface area contributed by atoms with Crippen molar-refractivity contribution in [2.24, 2.45) is 0 Å². The summed E-state index contributed by atoms with van der Waals surface area (Å²) >= 11 is 0. The molecule has 0 fully saturated rings. The molecule has 15 heavy (non-hydrogen) atoms. The Morgan fingerprint density at radius 2 is 1.93 bits per heavy atom. The average Bonchev–Trinajstić information content (AvgIpc) is 2.64. The van der Waals surface area contributed by atoms with Gasteiger partial charge in [0.15, 0.2) is 0 Å². The maximum Gasteiger partial charge on any atom is 0.0948 e. The zero-order chi connectivity index (χ0) is 11.5. The number of rotatable bonds is 5. The zero-order valence-corrected chi connectivity index (χ0v) is 10.2. The van der Waals surface area contributed by atoms with Crippen molar-refractivity contribution in [1.82, 2.24) is 9.55 Å². The van der Waals surface area contributed by atoms with Gasteiger partial charge in [-0.2, -0.15) is 0 Å². The van der Waals surface area contributed by atoms with E-state index in [0.29, 0.717) is 0 Å². The van der Waals surface area contributed by atoms with Crippen LogP contribution in [0.25, 0.3) is 0 Å². The van der Waals surface area contributed by atoms with Gasteiger partial charge in [0.2, 0.25) is 0 Å². The van der Waals surface area contributed by atoms with Gasteiger partial charge in [0.1, 0.15) is 0 Å². The van der Waals surface area contributed by atoms with E-state index < -0.39 is 0 Å². The van der Waals surface area contributed by atoms with Crippen LogP contribution in [0.2, 0.25) is 0 Å². The smallest absolute Gasteiger partial charge is 0.0948 e. The number of unbranched alkanes of at least 4 members (excludes halogenated alkanes) is 1. The van der Waals surface area contributed by atoms with E-state index in [1.807, 2.05) is 12.5 Å². The molecule has 1 N–H and O–H groups in total. The van der Waals surface area contributed by atoms with Gasteiger partial charge in [-0.05, 0) is 19.8 Å². The Bertz CT molecular complexity index is 233. The zero-order valence-electron chi connectivity index (χ0n) is 10.2. The van der Waals surface area contributed by atoms with Crippen LogP contribution >= 0.6 is 0 Å². The molecule has 0 aromatic carbocycles. The maximum atomic E-state index is 7.57. The van der Waals surface area contributed by atoms with Crippen LogP contribution in [0.1, 0.15) is 45.7 Å². The van der Waals surface area contributed by atoms with Crippen molar-refractivity contribution in [2.75, 3.05) is 6.61 Å². The number of aromatic nitrogens is 2. The minimum atomic E-state index is 0.250. The van der Waals surface area contributed by atoms with Crippen LogP contribution in [-0.4, -0.2) is 21.3 Å². The van der Waals surface area contributed by atoms with Gasteiger partial charge in [-0.25, -0.2) is 4.98 Å². The van der Waals surface area contributed by atoms with Crippen molar-refractivity contribution in [3.8, 4) is 0 Å². The summed E-state index contributed by atoms with van der Waals surface area (Å²) in [5, 5.41) is 7.57. The minimum Gasteiger partial charge on any atom is -0.397 e. The predicted molar refractivity (Wildman–Crippen MR) is 63.9 cm³/mol. The van der Waals surface area contributed by atoms with E-state index in [9.17, 15) is 0 Å². The highest BCUT2D eigenvalue weighted by Crippen LogP contribution is 2.04. The molecule has 0 saturated heterocycles. The summed E-state index contributed by atoms with van der Waals surface area (Å²) in [4.78, 5) is 4.16. The highest BCUT2D eigenvalue weighted by molar-refractivity contribution is 4.97. The number of nitrogens with zero attached hydrogens (tertiary/aromatic N) is 2. The Kier molecular flexibility index (Phi) is 9.18. The van der Waals surface area contributed by atoms with Gasteiger partial charge in [-0.1, -0.05) is 26.7 Å². The van der Waals surface area contributed by atoms with E-state index in [-0.39, 0.29) is 6.61 Å². The normalized spacial score (nSPS) is 9.60. The summed E-state index contributed by atoms with van der Waals surface area (Å²) in [5.74, 6) is 0. The van der Waals surface area contributed by atoms with Crippen LogP contribution in [-0.2, 0) is 13.0 Å². The molecule has 1 heterocycles. The number of hydrogen-bond acceptors (Lipinski definition) is 2. The van der Waals surface area contributed by atoms with Crippen molar-refractivity contribution in [3.05, 3.63) is 18.2 Å². The van der Waals surface area contributed by atoms with E-state index in [0.717, 1.165) is 13.0 Å². The molecule has 0 aliphatic rings. The third kappa shape index (κ3) is 6.28. The third-order valence-corrected chi connectivity index (χ3v) is 2.06. The number of aliphatic hydroxyl groups is 1. The van der Waals surface area contributed by atoms with Gasteiger partial charge in [-0.3, -0.25) is 0 Å². The lowest BCUT2D eigenvalue weighted by Crippen LogP contribution is -2.01. The number of aliphatic hydroxyl groups excluding tert-OH is 1. The molecule has 0 spiro atoms. The molecule has 0 bridgehead atoms. The molecular formula is C12H24N2O. The first-order chi connectivity index (χ1) is 7.29. The second-order valence-electron chi connectivity index (χ2n) is 3.50. The molecule has 0 amide bonds. The topological polar surface area (TPSA) is 38.0 Å². The quantitative estimate of drug-likeness (QED) is 0.814. The second-order valence-corrected chi connectivity index (χ2v) is 3.50. The molecule has 1 aromatic rings. The molecule has 88 valence electrons. The minimum absolute atomic E-state index is 0.250. The van der Waals surface area contributed by atoms with Gasteiger partial charge < -0.3 is 9.67 Å². The number of hydrogen-bond donors (Lipinski definition) is 1. The Labute approximate surface area is 93.2 Å². The Morgan fingerprint density at radius 3 is 2.47 bits per heavy atom. The lowest BCUT2D eigenvalue weighted by Gasteiger charge is -2.05. The van der Waals surface area contributed by atoms with E-state index >= 15 is 0 Å². The second kappa shape index (κ2) is 9.71. The largest absolute Gasteiger partial charge is 0.397 e. The average molecular weight is 212 g/mol. The molecule has 0 unspecified atom stereocenters. The SMILES string of the molecule is CCCCn1cncc1CCC.CCO. The van der Waals surface area contributed by atoms with Gasteiger partial charge in [0.05, 0.1) is 6.33 Å². The standard InChI is InChI=1S/C10H18N2.C2H6O/c1-3-5-7-12-9-11-8-10(12)6-4-2;1-2-3/h8-9H,3-7H2,1-2H3;3H,2H2,1H3. The molecule has 0 saturated carbocycles. The Balaban J connectivity index is 0.000000583. The van der Waals surface area contributed by atoms with E-state index in [1.54, 1.807) is 6.92 Å². The van der Waals surface area contributed by atoms with Crippen molar-refractivity contribution < 1.29 is 5.11 Å². The van der Waals surface area contributed by atoms with E-state index in [2.05, 4.69) is 23.4 Å². The number of imidazole rings is 1. The van der Waals surface area contributed by atoms with Crippen LogP contribution in [0.4, 0.5) is 0 Å². The molecule has 1 rings (SSSR count). The molecule has 0 aliphatic carbocycles. The van der Waals surface area contributed by atoms with Crippen molar-refractivity contribution in [3.63, 3.8) is 0 Å². The van der Waals surface area contributed by atoms with E-state index in [4.69, 9.17) is 5.11 Å². The number of aryl methyl sites for hydroxylation is 2. The Morgan fingerprint density at radius 1 is 1.27 bits per heavy atom. The molecule has 1 aromatic heterocycles. The van der Waals surface area contributed by atoms with Crippen LogP contribution in [0, 0.1) is 0 Å². The van der Waals surface area contributed by atoms with Crippen LogP contribution < -0.4 is 0 Å².